The summed E-state index contributed by atoms with van der Waals surface area (Å²) in [5.41, 5.74) is 0. The summed E-state index contributed by atoms with van der Waals surface area (Å²) in [5.74, 6) is 0. The van der Waals surface area contributed by atoms with E-state index in [1.165, 1.54) is 51.4 Å². The zero-order valence-electron chi connectivity index (χ0n) is 11.7. The van der Waals surface area contributed by atoms with Crippen molar-refractivity contribution in [2.45, 2.75) is 92.9 Å². The monoisotopic (exact) mass is 202 g/mol. The molecule has 0 amide bonds. The third-order valence-corrected chi connectivity index (χ3v) is 1.46. The second-order valence-electron chi connectivity index (χ2n) is 3.83. The van der Waals surface area contributed by atoms with Crippen LogP contribution < -0.4 is 0 Å². The molecule has 0 aliphatic carbocycles. The van der Waals surface area contributed by atoms with Gasteiger partial charge < -0.3 is 0 Å². The highest BCUT2D eigenvalue weighted by Crippen LogP contribution is 2.03. The Hall–Kier alpha value is 0. The van der Waals surface area contributed by atoms with Crippen LogP contribution in [0.5, 0.6) is 0 Å². The van der Waals surface area contributed by atoms with Crippen molar-refractivity contribution in [3.63, 3.8) is 0 Å². The SMILES string of the molecule is CCC.CCC.CCCCCCCC. The van der Waals surface area contributed by atoms with Crippen molar-refractivity contribution in [3.05, 3.63) is 0 Å². The van der Waals surface area contributed by atoms with E-state index in [-0.39, 0.29) is 0 Å². The molecule has 0 aromatic rings. The average Bonchev–Trinajstić information content (AvgIpc) is 2.15. The van der Waals surface area contributed by atoms with Crippen LogP contribution >= 0.6 is 0 Å². The second kappa shape index (κ2) is 29.2. The summed E-state index contributed by atoms with van der Waals surface area (Å²) in [6.45, 7) is 13.0. The van der Waals surface area contributed by atoms with E-state index in [9.17, 15) is 0 Å². The largest absolute Gasteiger partial charge is 0.0656 e. The molecule has 0 unspecified atom stereocenters. The number of hydrogen-bond acceptors (Lipinski definition) is 0. The molecule has 90 valence electrons. The number of hydrogen-bond donors (Lipinski definition) is 0. The van der Waals surface area contributed by atoms with E-state index in [2.05, 4.69) is 41.5 Å². The predicted molar refractivity (Wildman–Crippen MR) is 71.0 cm³/mol. The van der Waals surface area contributed by atoms with Crippen molar-refractivity contribution in [2.24, 2.45) is 0 Å². The second-order valence-corrected chi connectivity index (χ2v) is 3.83. The number of unbranched alkanes of at least 4 members (excludes halogenated alkanes) is 5. The van der Waals surface area contributed by atoms with E-state index in [4.69, 9.17) is 0 Å². The van der Waals surface area contributed by atoms with E-state index < -0.39 is 0 Å². The molecule has 0 fully saturated rings. The van der Waals surface area contributed by atoms with Crippen molar-refractivity contribution in [2.75, 3.05) is 0 Å². The van der Waals surface area contributed by atoms with Gasteiger partial charge in [0.2, 0.25) is 0 Å². The van der Waals surface area contributed by atoms with Gasteiger partial charge in [-0.3, -0.25) is 0 Å². The first-order chi connectivity index (χ1) is 6.74. The maximum atomic E-state index is 2.26. The minimum atomic E-state index is 1.25. The Morgan fingerprint density at radius 3 is 0.786 bits per heavy atom. The molecule has 0 rings (SSSR count). The van der Waals surface area contributed by atoms with Gasteiger partial charge in [-0.1, -0.05) is 92.9 Å². The van der Waals surface area contributed by atoms with Crippen LogP contribution in [0.1, 0.15) is 92.9 Å². The molecular formula is C14H34. The van der Waals surface area contributed by atoms with Crippen molar-refractivity contribution < 1.29 is 0 Å². The van der Waals surface area contributed by atoms with Gasteiger partial charge in [0, 0.05) is 0 Å². The maximum absolute atomic E-state index is 2.26. The minimum absolute atomic E-state index is 1.25. The zero-order chi connectivity index (χ0) is 11.7. The van der Waals surface area contributed by atoms with Crippen LogP contribution in [0, 0.1) is 0 Å². The van der Waals surface area contributed by atoms with Crippen LogP contribution in [0.3, 0.4) is 0 Å². The molecule has 0 heteroatoms. The van der Waals surface area contributed by atoms with Gasteiger partial charge in [-0.15, -0.1) is 0 Å². The van der Waals surface area contributed by atoms with Gasteiger partial charge in [-0.25, -0.2) is 0 Å². The van der Waals surface area contributed by atoms with Crippen molar-refractivity contribution >= 4 is 0 Å². The Kier molecular flexibility index (Phi) is 40.9. The van der Waals surface area contributed by atoms with Crippen molar-refractivity contribution in [3.8, 4) is 0 Å². The molecule has 0 aromatic heterocycles. The lowest BCUT2D eigenvalue weighted by Crippen LogP contribution is -1.73. The first-order valence-electron chi connectivity index (χ1n) is 6.74. The summed E-state index contributed by atoms with van der Waals surface area (Å²) in [5, 5.41) is 0. The zero-order valence-corrected chi connectivity index (χ0v) is 11.7. The van der Waals surface area contributed by atoms with Crippen LogP contribution in [-0.2, 0) is 0 Å². The highest BCUT2D eigenvalue weighted by molar-refractivity contribution is 4.39. The van der Waals surface area contributed by atoms with Crippen molar-refractivity contribution in [1.29, 1.82) is 0 Å². The molecule has 0 saturated carbocycles. The first kappa shape index (κ1) is 19.6. The summed E-state index contributed by atoms with van der Waals surface area (Å²) < 4.78 is 0. The lowest BCUT2D eigenvalue weighted by Gasteiger charge is -1.93. The summed E-state index contributed by atoms with van der Waals surface area (Å²) in [4.78, 5) is 0. The highest BCUT2D eigenvalue weighted by Gasteiger charge is 1.83. The molecule has 14 heavy (non-hydrogen) atoms. The molecule has 0 saturated heterocycles. The van der Waals surface area contributed by atoms with E-state index in [1.807, 2.05) is 0 Å². The quantitative estimate of drug-likeness (QED) is 0.466. The van der Waals surface area contributed by atoms with E-state index in [0.29, 0.717) is 0 Å². The Balaban J connectivity index is -0.000000168. The van der Waals surface area contributed by atoms with E-state index in [1.54, 1.807) is 0 Å². The van der Waals surface area contributed by atoms with Crippen LogP contribution in [0.2, 0.25) is 0 Å². The molecule has 0 radical (unpaired) electrons. The van der Waals surface area contributed by atoms with Crippen LogP contribution in [0.15, 0.2) is 0 Å². The fourth-order valence-corrected chi connectivity index (χ4v) is 0.854. The molecule has 0 aliphatic heterocycles. The average molecular weight is 202 g/mol. The van der Waals surface area contributed by atoms with Gasteiger partial charge in [-0.05, 0) is 0 Å². The molecule has 0 atom stereocenters. The molecule has 0 nitrogen and oxygen atoms in total. The molecule has 0 spiro atoms. The first-order valence-corrected chi connectivity index (χ1v) is 6.74. The van der Waals surface area contributed by atoms with Gasteiger partial charge >= 0.3 is 0 Å². The molecule has 0 N–H and O–H groups in total. The molecule has 0 heterocycles. The summed E-state index contributed by atoms with van der Waals surface area (Å²) >= 11 is 0. The van der Waals surface area contributed by atoms with Crippen LogP contribution in [0.4, 0.5) is 0 Å². The topological polar surface area (TPSA) is 0 Å². The third kappa shape index (κ3) is 58.1. The van der Waals surface area contributed by atoms with E-state index >= 15 is 0 Å². The third-order valence-electron chi connectivity index (χ3n) is 1.46. The molecule has 0 aliphatic rings. The van der Waals surface area contributed by atoms with Gasteiger partial charge in [0.05, 0.1) is 0 Å². The lowest BCUT2D eigenvalue weighted by atomic mass is 10.1. The Bertz CT molecular complexity index is 40.0. The maximum Gasteiger partial charge on any atom is -0.0533 e. The van der Waals surface area contributed by atoms with Gasteiger partial charge in [-0.2, -0.15) is 0 Å². The fraction of sp³-hybridized carbons (Fsp3) is 1.00. The van der Waals surface area contributed by atoms with Gasteiger partial charge in [0.15, 0.2) is 0 Å². The van der Waals surface area contributed by atoms with Crippen molar-refractivity contribution in [1.82, 2.24) is 0 Å². The predicted octanol–water partition coefficient (Wildman–Crippen LogP) is 6.20. The minimum Gasteiger partial charge on any atom is -0.0656 e. The summed E-state index contributed by atoms with van der Waals surface area (Å²) in [6, 6.07) is 0. The number of rotatable bonds is 5. The molecule has 0 bridgehead atoms. The smallest absolute Gasteiger partial charge is 0.0533 e. The molecule has 0 aromatic carbocycles. The van der Waals surface area contributed by atoms with Crippen LogP contribution in [-0.4, -0.2) is 0 Å². The highest BCUT2D eigenvalue weighted by atomic mass is 13.9. The lowest BCUT2D eigenvalue weighted by molar-refractivity contribution is 0.624. The Morgan fingerprint density at radius 2 is 0.643 bits per heavy atom. The molecular weight excluding hydrogens is 168 g/mol. The fourth-order valence-electron chi connectivity index (χ4n) is 0.854. The Morgan fingerprint density at radius 1 is 0.429 bits per heavy atom. The van der Waals surface area contributed by atoms with Gasteiger partial charge in [0.1, 0.15) is 0 Å². The van der Waals surface area contributed by atoms with Gasteiger partial charge in [0.25, 0.3) is 0 Å². The Labute approximate surface area is 93.5 Å². The summed E-state index contributed by atoms with van der Waals surface area (Å²) in [6.07, 6.45) is 11.0. The van der Waals surface area contributed by atoms with E-state index in [0.717, 1.165) is 0 Å². The normalized spacial score (nSPS) is 8.14. The van der Waals surface area contributed by atoms with Crippen LogP contribution in [0.25, 0.3) is 0 Å². The standard InChI is InChI=1S/C8H18.2C3H8/c1-3-5-7-8-6-4-2;2*1-3-2/h3-8H2,1-2H3;2*3H2,1-2H3. The summed E-state index contributed by atoms with van der Waals surface area (Å²) in [7, 11) is 0.